The maximum absolute atomic E-state index is 12.1. The highest BCUT2D eigenvalue weighted by molar-refractivity contribution is 7.92. The van der Waals surface area contributed by atoms with Crippen LogP contribution in [0.2, 0.25) is 0 Å². The molecule has 2 unspecified atom stereocenters. The van der Waals surface area contributed by atoms with E-state index in [1.54, 1.807) is 52.0 Å². The second kappa shape index (κ2) is 5.56. The fourth-order valence-corrected chi connectivity index (χ4v) is 2.29. The normalized spacial score (nSPS) is 15.1. The van der Waals surface area contributed by atoms with E-state index in [2.05, 4.69) is 0 Å². The molecule has 0 amide bonds. The van der Waals surface area contributed by atoms with Crippen molar-refractivity contribution < 1.29 is 14.1 Å². The summed E-state index contributed by atoms with van der Waals surface area (Å²) in [6, 6.07) is 8.94. The van der Waals surface area contributed by atoms with E-state index in [9.17, 15) is 9.35 Å². The molecule has 0 heterocycles. The van der Waals surface area contributed by atoms with Crippen LogP contribution in [0.3, 0.4) is 0 Å². The zero-order valence-corrected chi connectivity index (χ0v) is 11.4. The summed E-state index contributed by atoms with van der Waals surface area (Å²) in [5, 5.41) is -0.656. The SMILES string of the molecule is CC(C(=O)OC(C)(C)C)[S+]([O-])c1ccccc1. The lowest BCUT2D eigenvalue weighted by molar-refractivity contribution is -0.153. The van der Waals surface area contributed by atoms with Gasteiger partial charge in [0.05, 0.1) is 0 Å². The molecule has 0 aliphatic carbocycles. The van der Waals surface area contributed by atoms with Gasteiger partial charge in [0.15, 0.2) is 4.90 Å². The van der Waals surface area contributed by atoms with Crippen LogP contribution < -0.4 is 0 Å². The number of rotatable bonds is 3. The van der Waals surface area contributed by atoms with Crippen molar-refractivity contribution in [3.8, 4) is 0 Å². The van der Waals surface area contributed by atoms with E-state index in [-0.39, 0.29) is 0 Å². The van der Waals surface area contributed by atoms with Crippen molar-refractivity contribution in [2.75, 3.05) is 0 Å². The van der Waals surface area contributed by atoms with E-state index < -0.39 is 28.0 Å². The second-order valence-electron chi connectivity index (χ2n) is 4.79. The monoisotopic (exact) mass is 254 g/mol. The average Bonchev–Trinajstić information content (AvgIpc) is 2.26. The fraction of sp³-hybridized carbons (Fsp3) is 0.462. The fourth-order valence-electron chi connectivity index (χ4n) is 1.23. The summed E-state index contributed by atoms with van der Waals surface area (Å²) in [6.07, 6.45) is 0. The van der Waals surface area contributed by atoms with Crippen molar-refractivity contribution in [3.63, 3.8) is 0 Å². The average molecular weight is 254 g/mol. The Morgan fingerprint density at radius 1 is 1.29 bits per heavy atom. The van der Waals surface area contributed by atoms with Gasteiger partial charge in [-0.15, -0.1) is 0 Å². The zero-order chi connectivity index (χ0) is 13.1. The molecular formula is C13H18O3S. The van der Waals surface area contributed by atoms with Gasteiger partial charge in [0, 0.05) is 0 Å². The van der Waals surface area contributed by atoms with E-state index in [0.29, 0.717) is 4.90 Å². The third-order valence-electron chi connectivity index (χ3n) is 2.04. The molecule has 0 fully saturated rings. The van der Waals surface area contributed by atoms with Crippen LogP contribution >= 0.6 is 0 Å². The molecule has 3 nitrogen and oxygen atoms in total. The lowest BCUT2D eigenvalue weighted by atomic mass is 10.2. The lowest BCUT2D eigenvalue weighted by Gasteiger charge is -2.23. The van der Waals surface area contributed by atoms with Crippen molar-refractivity contribution in [3.05, 3.63) is 30.3 Å². The molecule has 0 saturated carbocycles. The van der Waals surface area contributed by atoms with Crippen LogP contribution in [0.1, 0.15) is 27.7 Å². The number of carbonyl (C=O) groups is 1. The molecule has 0 spiro atoms. The Kier molecular flexibility index (Phi) is 4.60. The first-order valence-electron chi connectivity index (χ1n) is 5.50. The van der Waals surface area contributed by atoms with E-state index in [1.807, 2.05) is 6.07 Å². The minimum absolute atomic E-state index is 0.431. The highest BCUT2D eigenvalue weighted by atomic mass is 32.2. The van der Waals surface area contributed by atoms with Gasteiger partial charge in [-0.3, -0.25) is 0 Å². The summed E-state index contributed by atoms with van der Waals surface area (Å²) in [7, 11) is 0. The Morgan fingerprint density at radius 3 is 2.29 bits per heavy atom. The molecule has 0 aliphatic heterocycles. The van der Waals surface area contributed by atoms with Crippen LogP contribution in [0.25, 0.3) is 0 Å². The van der Waals surface area contributed by atoms with Gasteiger partial charge >= 0.3 is 5.97 Å². The van der Waals surface area contributed by atoms with Gasteiger partial charge in [0.1, 0.15) is 5.60 Å². The molecule has 1 aromatic carbocycles. The third kappa shape index (κ3) is 4.40. The van der Waals surface area contributed by atoms with Gasteiger partial charge in [-0.05, 0) is 51.0 Å². The van der Waals surface area contributed by atoms with Gasteiger partial charge in [-0.1, -0.05) is 18.2 Å². The Bertz CT molecular complexity index is 370. The molecule has 2 atom stereocenters. The van der Waals surface area contributed by atoms with Crippen molar-refractivity contribution in [1.29, 1.82) is 0 Å². The molecule has 94 valence electrons. The summed E-state index contributed by atoms with van der Waals surface area (Å²) in [4.78, 5) is 12.4. The molecule has 1 aromatic rings. The molecule has 0 bridgehead atoms. The Labute approximate surface area is 105 Å². The predicted octanol–water partition coefficient (Wildman–Crippen LogP) is 2.52. The van der Waals surface area contributed by atoms with E-state index in [4.69, 9.17) is 4.74 Å². The summed E-state index contributed by atoms with van der Waals surface area (Å²) in [5.41, 5.74) is -0.549. The predicted molar refractivity (Wildman–Crippen MR) is 68.2 cm³/mol. The van der Waals surface area contributed by atoms with Crippen LogP contribution in [0.5, 0.6) is 0 Å². The van der Waals surface area contributed by atoms with Crippen molar-refractivity contribution in [2.24, 2.45) is 0 Å². The van der Waals surface area contributed by atoms with Gasteiger partial charge in [-0.2, -0.15) is 0 Å². The van der Waals surface area contributed by atoms with Gasteiger partial charge < -0.3 is 9.29 Å². The number of ether oxygens (including phenoxy) is 1. The summed E-state index contributed by atoms with van der Waals surface area (Å²) in [6.45, 7) is 7.01. The first-order valence-corrected chi connectivity index (χ1v) is 6.71. The third-order valence-corrected chi connectivity index (χ3v) is 3.61. The number of carbonyl (C=O) groups excluding carboxylic acids is 1. The minimum atomic E-state index is -1.37. The molecule has 0 aromatic heterocycles. The van der Waals surface area contributed by atoms with E-state index in [1.165, 1.54) is 0 Å². The molecule has 0 saturated heterocycles. The van der Waals surface area contributed by atoms with Gasteiger partial charge in [0.25, 0.3) is 0 Å². The lowest BCUT2D eigenvalue weighted by Crippen LogP contribution is -2.35. The molecule has 0 N–H and O–H groups in total. The Balaban J connectivity index is 2.70. The molecule has 17 heavy (non-hydrogen) atoms. The first-order chi connectivity index (χ1) is 7.81. The van der Waals surface area contributed by atoms with E-state index >= 15 is 0 Å². The molecule has 1 rings (SSSR count). The van der Waals surface area contributed by atoms with Crippen LogP contribution in [-0.4, -0.2) is 21.4 Å². The summed E-state index contributed by atoms with van der Waals surface area (Å²) in [5.74, 6) is -0.431. The number of hydrogen-bond donors (Lipinski definition) is 0. The maximum atomic E-state index is 12.1. The number of hydrogen-bond acceptors (Lipinski definition) is 3. The van der Waals surface area contributed by atoms with Crippen molar-refractivity contribution in [2.45, 2.75) is 43.4 Å². The van der Waals surface area contributed by atoms with Gasteiger partial charge in [0.2, 0.25) is 5.25 Å². The van der Waals surface area contributed by atoms with Crippen LogP contribution in [0.15, 0.2) is 35.2 Å². The molecular weight excluding hydrogens is 236 g/mol. The summed E-state index contributed by atoms with van der Waals surface area (Å²) >= 11 is -1.37. The first kappa shape index (κ1) is 14.1. The second-order valence-corrected chi connectivity index (χ2v) is 6.56. The number of benzene rings is 1. The number of esters is 1. The summed E-state index contributed by atoms with van der Waals surface area (Å²) < 4.78 is 17.3. The topological polar surface area (TPSA) is 49.4 Å². The van der Waals surface area contributed by atoms with Crippen LogP contribution in [-0.2, 0) is 20.7 Å². The maximum Gasteiger partial charge on any atom is 0.360 e. The quantitative estimate of drug-likeness (QED) is 0.615. The molecule has 0 radical (unpaired) electrons. The largest absolute Gasteiger partial charge is 0.611 e. The Morgan fingerprint density at radius 2 is 1.82 bits per heavy atom. The van der Waals surface area contributed by atoms with Crippen molar-refractivity contribution in [1.82, 2.24) is 0 Å². The van der Waals surface area contributed by atoms with Crippen LogP contribution in [0.4, 0.5) is 0 Å². The zero-order valence-electron chi connectivity index (χ0n) is 10.6. The van der Waals surface area contributed by atoms with E-state index in [0.717, 1.165) is 0 Å². The smallest absolute Gasteiger partial charge is 0.360 e. The highest BCUT2D eigenvalue weighted by Gasteiger charge is 2.31. The highest BCUT2D eigenvalue weighted by Crippen LogP contribution is 2.18. The standard InChI is InChI=1S/C13H18O3S/c1-10(12(14)16-13(2,3)4)17(15)11-8-6-5-7-9-11/h5-10H,1-4H3. The van der Waals surface area contributed by atoms with Gasteiger partial charge in [-0.25, -0.2) is 4.79 Å². The van der Waals surface area contributed by atoms with Crippen molar-refractivity contribution >= 4 is 17.1 Å². The molecule has 0 aliphatic rings. The minimum Gasteiger partial charge on any atom is -0.611 e. The van der Waals surface area contributed by atoms with Crippen LogP contribution in [0, 0.1) is 0 Å². The Hall–Kier alpha value is -1.00. The molecule has 4 heteroatoms.